The van der Waals surface area contributed by atoms with E-state index in [-0.39, 0.29) is 18.4 Å². The minimum atomic E-state index is -0.734. The molecular formula is C24H31N5O3. The summed E-state index contributed by atoms with van der Waals surface area (Å²) in [4.78, 5) is 28.5. The molecule has 0 aliphatic rings. The second kappa shape index (κ2) is 11.4. The number of nitrogens with zero attached hydrogens (tertiary/aromatic N) is 4. The first-order valence-corrected chi connectivity index (χ1v) is 11.0. The third-order valence-electron chi connectivity index (χ3n) is 5.43. The molecule has 0 aliphatic heterocycles. The van der Waals surface area contributed by atoms with E-state index in [1.54, 1.807) is 16.7 Å². The second-order valence-electron chi connectivity index (χ2n) is 7.72. The molecule has 1 atom stereocenters. The summed E-state index contributed by atoms with van der Waals surface area (Å²) in [7, 11) is 1.59. The Balaban J connectivity index is 1.94. The van der Waals surface area contributed by atoms with Crippen LogP contribution in [-0.2, 0) is 20.9 Å². The third kappa shape index (κ3) is 5.50. The number of methoxy groups -OCH3 is 1. The number of unbranched alkanes of at least 4 members (excludes halogenated alkanes) is 1. The van der Waals surface area contributed by atoms with Gasteiger partial charge in [0.05, 0.1) is 12.1 Å². The van der Waals surface area contributed by atoms with Crippen LogP contribution in [0.25, 0.3) is 11.0 Å². The summed E-state index contributed by atoms with van der Waals surface area (Å²) in [5.74, 6) is -0.395. The molecule has 8 heteroatoms. The van der Waals surface area contributed by atoms with E-state index in [9.17, 15) is 9.59 Å². The normalized spacial score (nSPS) is 12.0. The summed E-state index contributed by atoms with van der Waals surface area (Å²) in [5, 5.41) is 11.2. The number of aromatic nitrogens is 3. The zero-order chi connectivity index (χ0) is 22.9. The number of hydrogen-bond donors (Lipinski definition) is 1. The van der Waals surface area contributed by atoms with Gasteiger partial charge in [-0.25, -0.2) is 4.68 Å². The van der Waals surface area contributed by atoms with Gasteiger partial charge in [-0.3, -0.25) is 9.59 Å². The third-order valence-corrected chi connectivity index (χ3v) is 5.43. The van der Waals surface area contributed by atoms with Gasteiger partial charge in [-0.2, -0.15) is 0 Å². The minimum absolute atomic E-state index is 0.0119. The highest BCUT2D eigenvalue weighted by atomic mass is 16.5. The molecule has 8 nitrogen and oxygen atoms in total. The van der Waals surface area contributed by atoms with Crippen LogP contribution < -0.4 is 5.32 Å². The molecule has 170 valence electrons. The van der Waals surface area contributed by atoms with E-state index in [2.05, 4.69) is 22.6 Å². The van der Waals surface area contributed by atoms with E-state index >= 15 is 0 Å². The fourth-order valence-electron chi connectivity index (χ4n) is 3.70. The Morgan fingerprint density at radius 1 is 1.16 bits per heavy atom. The number of benzene rings is 2. The Labute approximate surface area is 188 Å². The van der Waals surface area contributed by atoms with Gasteiger partial charge in [0.15, 0.2) is 0 Å². The lowest BCUT2D eigenvalue weighted by Crippen LogP contribution is -2.46. The van der Waals surface area contributed by atoms with Crippen molar-refractivity contribution in [2.45, 2.75) is 39.3 Å². The zero-order valence-electron chi connectivity index (χ0n) is 19.0. The van der Waals surface area contributed by atoms with Crippen LogP contribution >= 0.6 is 0 Å². The molecule has 0 fully saturated rings. The van der Waals surface area contributed by atoms with Crippen LogP contribution in [0.5, 0.6) is 0 Å². The summed E-state index contributed by atoms with van der Waals surface area (Å²) in [5.41, 5.74) is 3.29. The van der Waals surface area contributed by atoms with Gasteiger partial charge in [0, 0.05) is 20.2 Å². The first kappa shape index (κ1) is 23.4. The summed E-state index contributed by atoms with van der Waals surface area (Å²) in [6.07, 6.45) is 1.69. The van der Waals surface area contributed by atoms with E-state index in [4.69, 9.17) is 4.74 Å². The molecule has 1 heterocycles. The Kier molecular flexibility index (Phi) is 8.33. The summed E-state index contributed by atoms with van der Waals surface area (Å²) in [6.45, 7) is 5.28. The average molecular weight is 438 g/mol. The number of nitrogens with one attached hydrogen (secondary N) is 1. The number of carbonyl (C=O) groups is 2. The Hall–Kier alpha value is -3.26. The van der Waals surface area contributed by atoms with Crippen molar-refractivity contribution < 1.29 is 14.3 Å². The standard InChI is InChI=1S/C24H31N5O3/c1-4-5-15-28(22(30)17-29-21-13-9-8-12-20(21)26-27-29)23(24(31)25-14-16-32-3)19-11-7-6-10-18(19)2/h6-13,23H,4-5,14-17H2,1-3H3,(H,25,31)/t23-/m0/s1. The van der Waals surface area contributed by atoms with Gasteiger partial charge in [-0.15, -0.1) is 5.10 Å². The molecule has 0 bridgehead atoms. The van der Waals surface area contributed by atoms with Gasteiger partial charge in [0.2, 0.25) is 11.8 Å². The molecule has 3 aromatic rings. The quantitative estimate of drug-likeness (QED) is 0.466. The smallest absolute Gasteiger partial charge is 0.247 e. The van der Waals surface area contributed by atoms with Crippen molar-refractivity contribution in [1.82, 2.24) is 25.2 Å². The molecule has 0 aliphatic carbocycles. The lowest BCUT2D eigenvalue weighted by molar-refractivity contribution is -0.141. The highest BCUT2D eigenvalue weighted by Crippen LogP contribution is 2.26. The monoisotopic (exact) mass is 437 g/mol. The van der Waals surface area contributed by atoms with Crippen LogP contribution in [0.2, 0.25) is 0 Å². The Morgan fingerprint density at radius 3 is 2.66 bits per heavy atom. The largest absolute Gasteiger partial charge is 0.383 e. The van der Waals surface area contributed by atoms with Gasteiger partial charge in [-0.1, -0.05) is 55.0 Å². The molecule has 32 heavy (non-hydrogen) atoms. The van der Waals surface area contributed by atoms with Crippen LogP contribution in [0.1, 0.15) is 36.9 Å². The predicted octanol–water partition coefficient (Wildman–Crippen LogP) is 2.87. The topological polar surface area (TPSA) is 89.4 Å². The summed E-state index contributed by atoms with van der Waals surface area (Å²) in [6, 6.07) is 14.5. The number of fused-ring (bicyclic) bond motifs is 1. The molecule has 1 N–H and O–H groups in total. The fraction of sp³-hybridized carbons (Fsp3) is 0.417. The summed E-state index contributed by atoms with van der Waals surface area (Å²) >= 11 is 0. The average Bonchev–Trinajstić information content (AvgIpc) is 3.20. The van der Waals surface area contributed by atoms with Crippen molar-refractivity contribution in [3.05, 3.63) is 59.7 Å². The maximum Gasteiger partial charge on any atom is 0.247 e. The highest BCUT2D eigenvalue weighted by Gasteiger charge is 2.32. The molecule has 0 saturated heterocycles. The molecule has 3 rings (SSSR count). The number of para-hydroxylation sites is 1. The van der Waals surface area contributed by atoms with Gasteiger partial charge in [0.1, 0.15) is 18.1 Å². The van der Waals surface area contributed by atoms with Crippen molar-refractivity contribution in [2.24, 2.45) is 0 Å². The molecule has 2 aromatic carbocycles. The number of amides is 2. The van der Waals surface area contributed by atoms with E-state index in [1.165, 1.54) is 0 Å². The Bertz CT molecular complexity index is 1050. The van der Waals surface area contributed by atoms with Crippen molar-refractivity contribution in [3.63, 3.8) is 0 Å². The summed E-state index contributed by atoms with van der Waals surface area (Å²) < 4.78 is 6.66. The van der Waals surface area contributed by atoms with Gasteiger partial charge >= 0.3 is 0 Å². The molecular weight excluding hydrogens is 406 g/mol. The lowest BCUT2D eigenvalue weighted by atomic mass is 9.98. The SMILES string of the molecule is CCCCN(C(=O)Cn1nnc2ccccc21)[C@H](C(=O)NCCOC)c1ccccc1C. The molecule has 2 amide bonds. The van der Waals surface area contributed by atoms with Crippen molar-refractivity contribution in [1.29, 1.82) is 0 Å². The van der Waals surface area contributed by atoms with Gasteiger partial charge in [0.25, 0.3) is 0 Å². The van der Waals surface area contributed by atoms with Crippen LogP contribution in [-0.4, -0.2) is 58.5 Å². The van der Waals surface area contributed by atoms with Crippen molar-refractivity contribution in [3.8, 4) is 0 Å². The van der Waals surface area contributed by atoms with Gasteiger partial charge in [-0.05, 0) is 36.6 Å². The van der Waals surface area contributed by atoms with E-state index in [1.807, 2.05) is 55.5 Å². The molecule has 0 saturated carbocycles. The number of rotatable bonds is 11. The first-order valence-electron chi connectivity index (χ1n) is 11.0. The van der Waals surface area contributed by atoms with Crippen LogP contribution in [0.4, 0.5) is 0 Å². The molecule has 1 aromatic heterocycles. The second-order valence-corrected chi connectivity index (χ2v) is 7.72. The number of carbonyl (C=O) groups excluding carboxylic acids is 2. The van der Waals surface area contributed by atoms with Crippen molar-refractivity contribution >= 4 is 22.8 Å². The zero-order valence-corrected chi connectivity index (χ0v) is 19.0. The molecule has 0 spiro atoms. The molecule has 0 unspecified atom stereocenters. The maximum absolute atomic E-state index is 13.6. The van der Waals surface area contributed by atoms with E-state index in [0.29, 0.717) is 19.7 Å². The van der Waals surface area contributed by atoms with E-state index in [0.717, 1.165) is 35.0 Å². The predicted molar refractivity (Wildman–Crippen MR) is 123 cm³/mol. The highest BCUT2D eigenvalue weighted by molar-refractivity contribution is 5.89. The van der Waals surface area contributed by atoms with Crippen LogP contribution in [0, 0.1) is 6.92 Å². The Morgan fingerprint density at radius 2 is 1.91 bits per heavy atom. The van der Waals surface area contributed by atoms with Crippen molar-refractivity contribution in [2.75, 3.05) is 26.8 Å². The number of hydrogen-bond acceptors (Lipinski definition) is 5. The maximum atomic E-state index is 13.6. The van der Waals surface area contributed by atoms with Gasteiger partial charge < -0.3 is 15.0 Å². The number of ether oxygens (including phenoxy) is 1. The van der Waals surface area contributed by atoms with E-state index < -0.39 is 6.04 Å². The first-order chi connectivity index (χ1) is 15.6. The number of aryl methyl sites for hydroxylation is 1. The lowest BCUT2D eigenvalue weighted by Gasteiger charge is -2.32. The fourth-order valence-corrected chi connectivity index (χ4v) is 3.70. The minimum Gasteiger partial charge on any atom is -0.383 e. The van der Waals surface area contributed by atoms with Crippen LogP contribution in [0.3, 0.4) is 0 Å². The van der Waals surface area contributed by atoms with Crippen LogP contribution in [0.15, 0.2) is 48.5 Å². The molecule has 0 radical (unpaired) electrons.